The quantitative estimate of drug-likeness (QED) is 0.362. The summed E-state index contributed by atoms with van der Waals surface area (Å²) in [5.41, 5.74) is 5.13. The second-order valence-corrected chi connectivity index (χ2v) is 10.0. The number of ether oxygens (including phenoxy) is 1. The minimum absolute atomic E-state index is 0.0380. The highest BCUT2D eigenvalue weighted by molar-refractivity contribution is 6.33. The maximum Gasteiger partial charge on any atom is 0.254 e. The first-order chi connectivity index (χ1) is 19.0. The van der Waals surface area contributed by atoms with Crippen molar-refractivity contribution in [2.24, 2.45) is 0 Å². The van der Waals surface area contributed by atoms with Crippen molar-refractivity contribution in [3.8, 4) is 11.3 Å². The van der Waals surface area contributed by atoms with Crippen LogP contribution in [0.15, 0.2) is 55.0 Å². The molecule has 1 saturated heterocycles. The minimum Gasteiger partial charge on any atom is -0.381 e. The number of nitrogens with zero attached hydrogens (tertiary/aromatic N) is 5. The minimum atomic E-state index is -0.238. The monoisotopic (exact) mass is 543 g/mol. The highest BCUT2D eigenvalue weighted by Crippen LogP contribution is 2.31. The lowest BCUT2D eigenvalue weighted by Crippen LogP contribution is -2.37. The number of nitrogens with one attached hydrogen (secondary N) is 2. The number of carbonyl (C=O) groups excluding carboxylic acids is 2. The van der Waals surface area contributed by atoms with Gasteiger partial charge in [0, 0.05) is 55.9 Å². The fourth-order valence-electron chi connectivity index (χ4n) is 4.85. The Kier molecular flexibility index (Phi) is 7.04. The second kappa shape index (κ2) is 10.9. The average molecular weight is 544 g/mol. The van der Waals surface area contributed by atoms with Crippen molar-refractivity contribution in [3.63, 3.8) is 0 Å². The molecular formula is C28H26ClN7O3. The molecule has 0 radical (unpaired) electrons. The first-order valence-corrected chi connectivity index (χ1v) is 13.2. The number of hydrogen-bond donors (Lipinski definition) is 2. The van der Waals surface area contributed by atoms with Gasteiger partial charge in [0.1, 0.15) is 6.54 Å². The highest BCUT2D eigenvalue weighted by Gasteiger charge is 2.29. The largest absolute Gasteiger partial charge is 0.381 e. The number of rotatable bonds is 7. The van der Waals surface area contributed by atoms with E-state index in [1.807, 2.05) is 30.3 Å². The number of benzene rings is 2. The van der Waals surface area contributed by atoms with Gasteiger partial charge in [-0.2, -0.15) is 0 Å². The van der Waals surface area contributed by atoms with E-state index in [1.54, 1.807) is 24.7 Å². The lowest BCUT2D eigenvalue weighted by Gasteiger charge is -2.23. The Balaban J connectivity index is 1.11. The zero-order valence-electron chi connectivity index (χ0n) is 21.1. The Labute approximate surface area is 229 Å². The molecule has 11 heteroatoms. The first kappa shape index (κ1) is 25.1. The van der Waals surface area contributed by atoms with Gasteiger partial charge in [-0.15, -0.1) is 0 Å². The number of fused-ring (bicyclic) bond motifs is 2. The molecule has 39 heavy (non-hydrogen) atoms. The molecule has 2 aromatic heterocycles. The molecule has 10 nitrogen and oxygen atoms in total. The molecule has 0 aliphatic carbocycles. The molecule has 2 aliphatic heterocycles. The zero-order valence-corrected chi connectivity index (χ0v) is 21.8. The van der Waals surface area contributed by atoms with E-state index in [0.717, 1.165) is 40.6 Å². The van der Waals surface area contributed by atoms with Crippen LogP contribution in [-0.2, 0) is 22.6 Å². The third kappa shape index (κ3) is 5.52. The van der Waals surface area contributed by atoms with Gasteiger partial charge in [-0.05, 0) is 42.2 Å². The van der Waals surface area contributed by atoms with E-state index in [4.69, 9.17) is 16.3 Å². The molecule has 2 aliphatic rings. The first-order valence-electron chi connectivity index (χ1n) is 12.8. The van der Waals surface area contributed by atoms with Crippen molar-refractivity contribution in [2.45, 2.75) is 32.0 Å². The van der Waals surface area contributed by atoms with Crippen LogP contribution in [-0.4, -0.2) is 62.5 Å². The standard InChI is InChI=1S/C28H26ClN7O3/c29-22-14-33-28(34-20-5-9-39-10-6-20)35-26(22)18-2-3-19-15-36(27(38)21(19)12-18)16-25(37)32-13-17-1-4-23-24(11-17)31-8-7-30-23/h1-4,7-8,11-12,14,20H,5-6,9-10,13,15-16H2,(H,32,37)(H,33,34,35). The summed E-state index contributed by atoms with van der Waals surface area (Å²) >= 11 is 6.45. The number of aromatic nitrogens is 4. The number of halogens is 1. The third-order valence-electron chi connectivity index (χ3n) is 6.92. The summed E-state index contributed by atoms with van der Waals surface area (Å²) in [6.07, 6.45) is 6.61. The van der Waals surface area contributed by atoms with Gasteiger partial charge in [0.05, 0.1) is 27.9 Å². The average Bonchev–Trinajstić information content (AvgIpc) is 3.27. The van der Waals surface area contributed by atoms with Gasteiger partial charge in [0.25, 0.3) is 5.91 Å². The van der Waals surface area contributed by atoms with E-state index in [-0.39, 0.29) is 24.4 Å². The molecule has 6 rings (SSSR count). The molecule has 0 atom stereocenters. The summed E-state index contributed by atoms with van der Waals surface area (Å²) in [5, 5.41) is 6.64. The Morgan fingerprint density at radius 3 is 2.72 bits per heavy atom. The topological polar surface area (TPSA) is 122 Å². The summed E-state index contributed by atoms with van der Waals surface area (Å²) < 4.78 is 5.42. The fourth-order valence-corrected chi connectivity index (χ4v) is 5.05. The van der Waals surface area contributed by atoms with E-state index < -0.39 is 0 Å². The van der Waals surface area contributed by atoms with Crippen LogP contribution < -0.4 is 10.6 Å². The third-order valence-corrected chi connectivity index (χ3v) is 7.20. The van der Waals surface area contributed by atoms with E-state index in [2.05, 4.69) is 30.6 Å². The summed E-state index contributed by atoms with van der Waals surface area (Å²) in [6, 6.07) is 11.5. The van der Waals surface area contributed by atoms with Gasteiger partial charge in [-0.25, -0.2) is 9.97 Å². The van der Waals surface area contributed by atoms with Crippen molar-refractivity contribution < 1.29 is 14.3 Å². The van der Waals surface area contributed by atoms with Crippen LogP contribution in [0.5, 0.6) is 0 Å². The fraction of sp³-hybridized carbons (Fsp3) is 0.286. The van der Waals surface area contributed by atoms with Crippen LogP contribution in [0, 0.1) is 0 Å². The van der Waals surface area contributed by atoms with Crippen molar-refractivity contribution in [1.29, 1.82) is 0 Å². The molecule has 2 amide bonds. The predicted octanol–water partition coefficient (Wildman–Crippen LogP) is 3.60. The summed E-state index contributed by atoms with van der Waals surface area (Å²) in [5.74, 6) is 0.0527. The Hall–Kier alpha value is -4.15. The van der Waals surface area contributed by atoms with Gasteiger partial charge in [-0.1, -0.05) is 29.8 Å². The molecule has 0 unspecified atom stereocenters. The van der Waals surface area contributed by atoms with Gasteiger partial charge < -0.3 is 20.3 Å². The normalized spacial score (nSPS) is 15.4. The van der Waals surface area contributed by atoms with E-state index in [9.17, 15) is 9.59 Å². The SMILES string of the molecule is O=C(CN1Cc2ccc(-c3nc(NC4CCOCC4)ncc3Cl)cc2C1=O)NCc1ccc2nccnc2c1. The van der Waals surface area contributed by atoms with Crippen LogP contribution in [0.2, 0.25) is 5.02 Å². The zero-order chi connectivity index (χ0) is 26.8. The number of hydrogen-bond acceptors (Lipinski definition) is 8. The molecule has 2 aromatic carbocycles. The Bertz CT molecular complexity index is 1560. The number of carbonyl (C=O) groups is 2. The molecule has 2 N–H and O–H groups in total. The molecule has 4 aromatic rings. The maximum absolute atomic E-state index is 13.2. The van der Waals surface area contributed by atoms with Crippen molar-refractivity contribution >= 4 is 40.4 Å². The molecule has 198 valence electrons. The van der Waals surface area contributed by atoms with Crippen LogP contribution >= 0.6 is 11.6 Å². The molecule has 0 spiro atoms. The summed E-state index contributed by atoms with van der Waals surface area (Å²) in [4.78, 5) is 44.9. The van der Waals surface area contributed by atoms with Crippen LogP contribution in [0.3, 0.4) is 0 Å². The van der Waals surface area contributed by atoms with Gasteiger partial charge >= 0.3 is 0 Å². The van der Waals surface area contributed by atoms with E-state index >= 15 is 0 Å². The van der Waals surface area contributed by atoms with E-state index in [0.29, 0.717) is 48.5 Å². The Morgan fingerprint density at radius 1 is 1.05 bits per heavy atom. The van der Waals surface area contributed by atoms with Crippen LogP contribution in [0.4, 0.5) is 5.95 Å². The lowest BCUT2D eigenvalue weighted by molar-refractivity contribution is -0.122. The summed E-state index contributed by atoms with van der Waals surface area (Å²) in [7, 11) is 0. The van der Waals surface area contributed by atoms with Gasteiger partial charge in [0.15, 0.2) is 0 Å². The molecule has 1 fully saturated rings. The highest BCUT2D eigenvalue weighted by atomic mass is 35.5. The second-order valence-electron chi connectivity index (χ2n) is 9.61. The van der Waals surface area contributed by atoms with Crippen molar-refractivity contribution in [3.05, 3.63) is 76.7 Å². The predicted molar refractivity (Wildman–Crippen MR) is 146 cm³/mol. The van der Waals surface area contributed by atoms with Gasteiger partial charge in [-0.3, -0.25) is 19.6 Å². The van der Waals surface area contributed by atoms with E-state index in [1.165, 1.54) is 4.90 Å². The number of amides is 2. The van der Waals surface area contributed by atoms with Crippen LogP contribution in [0.1, 0.15) is 34.3 Å². The molecular weight excluding hydrogens is 518 g/mol. The lowest BCUT2D eigenvalue weighted by atomic mass is 10.0. The Morgan fingerprint density at radius 2 is 1.87 bits per heavy atom. The van der Waals surface area contributed by atoms with Crippen LogP contribution in [0.25, 0.3) is 22.3 Å². The molecule has 4 heterocycles. The number of anilines is 1. The smallest absolute Gasteiger partial charge is 0.254 e. The summed E-state index contributed by atoms with van der Waals surface area (Å²) in [6.45, 7) is 2.07. The maximum atomic E-state index is 13.2. The van der Waals surface area contributed by atoms with Crippen molar-refractivity contribution in [1.82, 2.24) is 30.2 Å². The van der Waals surface area contributed by atoms with Gasteiger partial charge in [0.2, 0.25) is 11.9 Å². The van der Waals surface area contributed by atoms with Crippen molar-refractivity contribution in [2.75, 3.05) is 25.1 Å². The molecule has 0 saturated carbocycles. The molecule has 0 bridgehead atoms.